The molecule has 0 aliphatic rings. The van der Waals surface area contributed by atoms with Crippen LogP contribution in [0, 0.1) is 11.3 Å². The number of aryl methyl sites for hydroxylation is 1. The summed E-state index contributed by atoms with van der Waals surface area (Å²) in [5.74, 6) is 0. The summed E-state index contributed by atoms with van der Waals surface area (Å²) in [6, 6.07) is 9.81. The number of nitriles is 1. The Kier molecular flexibility index (Phi) is 5.08. The number of aromatic nitrogens is 1. The van der Waals surface area contributed by atoms with Gasteiger partial charge < -0.3 is 5.32 Å². The molecule has 1 aromatic heterocycles. The van der Waals surface area contributed by atoms with Crippen molar-refractivity contribution in [2.75, 3.05) is 6.54 Å². The van der Waals surface area contributed by atoms with Crippen LogP contribution in [0.15, 0.2) is 29.6 Å². The molecule has 0 radical (unpaired) electrons. The summed E-state index contributed by atoms with van der Waals surface area (Å²) < 4.78 is 0. The first-order chi connectivity index (χ1) is 9.31. The Balaban J connectivity index is 1.72. The molecule has 3 nitrogen and oxygen atoms in total. The number of rotatable bonds is 6. The minimum absolute atomic E-state index is 0.707. The lowest BCUT2D eigenvalue weighted by Gasteiger charge is -2.03. The summed E-state index contributed by atoms with van der Waals surface area (Å²) in [4.78, 5) is 4.54. The largest absolute Gasteiger partial charge is 0.312 e. The van der Waals surface area contributed by atoms with Gasteiger partial charge in [-0.2, -0.15) is 5.26 Å². The molecule has 0 aliphatic carbocycles. The van der Waals surface area contributed by atoms with E-state index in [4.69, 9.17) is 5.26 Å². The van der Waals surface area contributed by atoms with Gasteiger partial charge >= 0.3 is 0 Å². The molecule has 0 spiro atoms. The number of benzene rings is 1. The fraction of sp³-hybridized carbons (Fsp3) is 0.333. The number of thiazole rings is 1. The molecule has 0 aliphatic heterocycles. The van der Waals surface area contributed by atoms with E-state index in [0.29, 0.717) is 5.56 Å². The van der Waals surface area contributed by atoms with Gasteiger partial charge in [0.15, 0.2) is 0 Å². The van der Waals surface area contributed by atoms with Gasteiger partial charge in [-0.15, -0.1) is 11.3 Å². The lowest BCUT2D eigenvalue weighted by Crippen LogP contribution is -2.16. The third-order valence-electron chi connectivity index (χ3n) is 2.87. The van der Waals surface area contributed by atoms with Crippen molar-refractivity contribution in [2.45, 2.75) is 26.3 Å². The minimum Gasteiger partial charge on any atom is -0.312 e. The van der Waals surface area contributed by atoms with Gasteiger partial charge in [0.05, 0.1) is 22.3 Å². The summed E-state index contributed by atoms with van der Waals surface area (Å²) in [6.07, 6.45) is 1.98. The zero-order valence-corrected chi connectivity index (χ0v) is 11.8. The van der Waals surface area contributed by atoms with E-state index in [1.165, 1.54) is 16.3 Å². The van der Waals surface area contributed by atoms with Crippen LogP contribution in [-0.4, -0.2) is 11.5 Å². The number of nitrogens with zero attached hydrogens (tertiary/aromatic N) is 2. The van der Waals surface area contributed by atoms with Crippen LogP contribution in [0.3, 0.4) is 0 Å². The van der Waals surface area contributed by atoms with Gasteiger partial charge in [-0.05, 0) is 24.1 Å². The lowest BCUT2D eigenvalue weighted by atomic mass is 10.1. The van der Waals surface area contributed by atoms with Gasteiger partial charge in [-0.25, -0.2) is 4.98 Å². The van der Waals surface area contributed by atoms with E-state index in [1.807, 2.05) is 24.3 Å². The Hall–Kier alpha value is -1.70. The Morgan fingerprint density at radius 2 is 2.11 bits per heavy atom. The van der Waals surface area contributed by atoms with Gasteiger partial charge in [0.1, 0.15) is 0 Å². The highest BCUT2D eigenvalue weighted by molar-refractivity contribution is 7.09. The molecule has 0 amide bonds. The van der Waals surface area contributed by atoms with Crippen molar-refractivity contribution in [1.29, 1.82) is 5.26 Å². The second-order valence-electron chi connectivity index (χ2n) is 4.32. The van der Waals surface area contributed by atoms with Gasteiger partial charge in [0.25, 0.3) is 0 Å². The topological polar surface area (TPSA) is 48.7 Å². The Morgan fingerprint density at radius 3 is 2.74 bits per heavy atom. The standard InChI is InChI=1S/C15H17N3S/c1-2-15-18-14(11-19-15)7-8-17-10-13-5-3-12(9-16)4-6-13/h3-6,11,17H,2,7-8,10H2,1H3. The lowest BCUT2D eigenvalue weighted by molar-refractivity contribution is 0.680. The predicted molar refractivity (Wildman–Crippen MR) is 78.1 cm³/mol. The highest BCUT2D eigenvalue weighted by atomic mass is 32.1. The third-order valence-corrected chi connectivity index (χ3v) is 3.91. The van der Waals surface area contributed by atoms with Crippen LogP contribution >= 0.6 is 11.3 Å². The van der Waals surface area contributed by atoms with Crippen molar-refractivity contribution in [3.05, 3.63) is 51.5 Å². The quantitative estimate of drug-likeness (QED) is 0.822. The summed E-state index contributed by atoms with van der Waals surface area (Å²) in [6.45, 7) is 3.88. The zero-order valence-electron chi connectivity index (χ0n) is 11.0. The maximum atomic E-state index is 8.72. The maximum absolute atomic E-state index is 8.72. The maximum Gasteiger partial charge on any atom is 0.0991 e. The van der Waals surface area contributed by atoms with E-state index in [9.17, 15) is 0 Å². The fourth-order valence-electron chi connectivity index (χ4n) is 1.77. The number of hydrogen-bond donors (Lipinski definition) is 1. The molecular weight excluding hydrogens is 254 g/mol. The van der Waals surface area contributed by atoms with E-state index in [-0.39, 0.29) is 0 Å². The van der Waals surface area contributed by atoms with Crippen LogP contribution < -0.4 is 5.32 Å². The number of hydrogen-bond acceptors (Lipinski definition) is 4. The summed E-state index contributed by atoms with van der Waals surface area (Å²) in [5, 5.41) is 15.5. The monoisotopic (exact) mass is 271 g/mol. The van der Waals surface area contributed by atoms with E-state index in [1.54, 1.807) is 11.3 Å². The average molecular weight is 271 g/mol. The second kappa shape index (κ2) is 7.03. The first kappa shape index (κ1) is 13.7. The Morgan fingerprint density at radius 1 is 1.32 bits per heavy atom. The molecule has 19 heavy (non-hydrogen) atoms. The first-order valence-corrected chi connectivity index (χ1v) is 7.33. The van der Waals surface area contributed by atoms with Crippen molar-refractivity contribution < 1.29 is 0 Å². The van der Waals surface area contributed by atoms with Crippen molar-refractivity contribution in [1.82, 2.24) is 10.3 Å². The molecule has 0 bridgehead atoms. The number of nitrogens with one attached hydrogen (secondary N) is 1. The molecule has 1 heterocycles. The molecule has 1 N–H and O–H groups in total. The first-order valence-electron chi connectivity index (χ1n) is 6.45. The smallest absolute Gasteiger partial charge is 0.0991 e. The van der Waals surface area contributed by atoms with Crippen LogP contribution in [0.5, 0.6) is 0 Å². The molecule has 0 saturated heterocycles. The van der Waals surface area contributed by atoms with Gasteiger partial charge in [-0.3, -0.25) is 0 Å². The van der Waals surface area contributed by atoms with Crippen LogP contribution in [0.1, 0.15) is 28.8 Å². The normalized spacial score (nSPS) is 10.3. The fourth-order valence-corrected chi connectivity index (χ4v) is 2.55. The Labute approximate surface area is 117 Å². The highest BCUT2D eigenvalue weighted by Gasteiger charge is 2.00. The van der Waals surface area contributed by atoms with Crippen LogP contribution in [0.2, 0.25) is 0 Å². The predicted octanol–water partition coefficient (Wildman–Crippen LogP) is 2.91. The average Bonchev–Trinajstić information content (AvgIpc) is 2.92. The van der Waals surface area contributed by atoms with Crippen molar-refractivity contribution >= 4 is 11.3 Å². The highest BCUT2D eigenvalue weighted by Crippen LogP contribution is 2.10. The SMILES string of the molecule is CCc1nc(CCNCc2ccc(C#N)cc2)cs1. The van der Waals surface area contributed by atoms with Crippen LogP contribution in [0.4, 0.5) is 0 Å². The molecular formula is C15H17N3S. The zero-order chi connectivity index (χ0) is 13.5. The molecule has 0 unspecified atom stereocenters. The summed E-state index contributed by atoms with van der Waals surface area (Å²) in [5.41, 5.74) is 3.08. The van der Waals surface area contributed by atoms with E-state index in [2.05, 4.69) is 28.7 Å². The minimum atomic E-state index is 0.707. The van der Waals surface area contributed by atoms with Crippen LogP contribution in [0.25, 0.3) is 0 Å². The molecule has 0 fully saturated rings. The van der Waals surface area contributed by atoms with E-state index in [0.717, 1.165) is 25.9 Å². The van der Waals surface area contributed by atoms with Gasteiger partial charge in [0.2, 0.25) is 0 Å². The molecule has 0 atom stereocenters. The van der Waals surface area contributed by atoms with Gasteiger partial charge in [0, 0.05) is 24.9 Å². The molecule has 2 aromatic rings. The van der Waals surface area contributed by atoms with Crippen molar-refractivity contribution in [3.8, 4) is 6.07 Å². The molecule has 1 aromatic carbocycles. The molecule has 4 heteroatoms. The molecule has 2 rings (SSSR count). The second-order valence-corrected chi connectivity index (χ2v) is 5.26. The summed E-state index contributed by atoms with van der Waals surface area (Å²) in [7, 11) is 0. The van der Waals surface area contributed by atoms with E-state index >= 15 is 0 Å². The summed E-state index contributed by atoms with van der Waals surface area (Å²) >= 11 is 1.74. The van der Waals surface area contributed by atoms with Crippen molar-refractivity contribution in [2.24, 2.45) is 0 Å². The van der Waals surface area contributed by atoms with Crippen molar-refractivity contribution in [3.63, 3.8) is 0 Å². The van der Waals surface area contributed by atoms with E-state index < -0.39 is 0 Å². The van der Waals surface area contributed by atoms with Crippen LogP contribution in [-0.2, 0) is 19.4 Å². The molecule has 0 saturated carbocycles. The van der Waals surface area contributed by atoms with Gasteiger partial charge in [-0.1, -0.05) is 19.1 Å². The third kappa shape index (κ3) is 4.16. The molecule has 98 valence electrons. The Bertz CT molecular complexity index is 552.